The van der Waals surface area contributed by atoms with Crippen molar-refractivity contribution < 1.29 is 13.6 Å². The van der Waals surface area contributed by atoms with Gasteiger partial charge in [-0.25, -0.2) is 0 Å². The largest absolute Gasteiger partial charge is 0.393 e. The van der Waals surface area contributed by atoms with Gasteiger partial charge in [-0.05, 0) is 24.3 Å². The summed E-state index contributed by atoms with van der Waals surface area (Å²) in [7, 11) is 0. The number of nitrogens with zero attached hydrogens (tertiary/aromatic N) is 1. The van der Waals surface area contributed by atoms with Gasteiger partial charge >= 0.3 is 5.92 Å². The van der Waals surface area contributed by atoms with E-state index >= 15 is 0 Å². The molecule has 14 heavy (non-hydrogen) atoms. The molecule has 0 saturated heterocycles. The Labute approximate surface area is 83.7 Å². The molecule has 1 aromatic rings. The van der Waals surface area contributed by atoms with Crippen LogP contribution in [0.4, 0.5) is 8.78 Å². The molecule has 0 aromatic heterocycles. The lowest BCUT2D eigenvalue weighted by Crippen LogP contribution is -2.26. The smallest absolute Gasteiger partial charge is 0.286 e. The molecular formula is C9H4ClF2NO. The van der Waals surface area contributed by atoms with Crippen LogP contribution in [0.1, 0.15) is 10.4 Å². The van der Waals surface area contributed by atoms with Gasteiger partial charge in [0.05, 0.1) is 0 Å². The maximum atomic E-state index is 12.6. The van der Waals surface area contributed by atoms with E-state index < -0.39 is 11.7 Å². The summed E-state index contributed by atoms with van der Waals surface area (Å²) in [6.07, 6.45) is 0. The van der Waals surface area contributed by atoms with Crippen LogP contribution in [-0.4, -0.2) is 11.7 Å². The average molecular weight is 216 g/mol. The number of alkyl halides is 2. The first-order valence-corrected chi connectivity index (χ1v) is 3.94. The zero-order valence-electron chi connectivity index (χ0n) is 6.80. The van der Waals surface area contributed by atoms with Gasteiger partial charge < -0.3 is 0 Å². The summed E-state index contributed by atoms with van der Waals surface area (Å²) in [6.45, 7) is 0. The van der Waals surface area contributed by atoms with Crippen LogP contribution in [0.2, 0.25) is 5.02 Å². The van der Waals surface area contributed by atoms with Crippen molar-refractivity contribution in [2.24, 2.45) is 0 Å². The minimum absolute atomic E-state index is 0.235. The van der Waals surface area contributed by atoms with E-state index in [9.17, 15) is 13.6 Å². The van der Waals surface area contributed by atoms with Crippen molar-refractivity contribution in [3.8, 4) is 6.07 Å². The number of halogens is 3. The van der Waals surface area contributed by atoms with Gasteiger partial charge in [0.2, 0.25) is 5.78 Å². The lowest BCUT2D eigenvalue weighted by Gasteiger charge is -2.05. The molecule has 0 radical (unpaired) electrons. The Balaban J connectivity index is 3.03. The zero-order valence-corrected chi connectivity index (χ0v) is 7.55. The summed E-state index contributed by atoms with van der Waals surface area (Å²) in [5.41, 5.74) is -0.235. The molecule has 0 heterocycles. The standard InChI is InChI=1S/C9H4ClF2NO/c10-7-3-1-6(2-4-7)8(14)9(11,12)5-13/h1-4H. The fraction of sp³-hybridized carbons (Fsp3) is 0.111. The maximum Gasteiger partial charge on any atom is 0.393 e. The summed E-state index contributed by atoms with van der Waals surface area (Å²) >= 11 is 5.50. The molecule has 0 fully saturated rings. The van der Waals surface area contributed by atoms with Gasteiger partial charge in [0.15, 0.2) is 0 Å². The van der Waals surface area contributed by atoms with Crippen molar-refractivity contribution in [2.75, 3.05) is 0 Å². The summed E-state index contributed by atoms with van der Waals surface area (Å²) in [4.78, 5) is 11.0. The fourth-order valence-electron chi connectivity index (χ4n) is 0.833. The van der Waals surface area contributed by atoms with Crippen molar-refractivity contribution in [3.05, 3.63) is 34.9 Å². The van der Waals surface area contributed by atoms with Gasteiger partial charge in [-0.3, -0.25) is 4.79 Å². The molecule has 0 spiro atoms. The van der Waals surface area contributed by atoms with E-state index in [1.165, 1.54) is 12.1 Å². The van der Waals surface area contributed by atoms with E-state index in [1.54, 1.807) is 0 Å². The summed E-state index contributed by atoms with van der Waals surface area (Å²) in [5, 5.41) is 8.37. The van der Waals surface area contributed by atoms with E-state index in [0.717, 1.165) is 12.1 Å². The van der Waals surface area contributed by atoms with Crippen molar-refractivity contribution in [1.82, 2.24) is 0 Å². The first-order chi connectivity index (χ1) is 6.47. The number of carbonyl (C=O) groups excluding carboxylic acids is 1. The number of rotatable bonds is 2. The van der Waals surface area contributed by atoms with Gasteiger partial charge in [0, 0.05) is 10.6 Å². The molecular weight excluding hydrogens is 212 g/mol. The van der Waals surface area contributed by atoms with Crippen LogP contribution in [0, 0.1) is 11.3 Å². The third-order valence-corrected chi connectivity index (χ3v) is 1.78. The normalized spacial score (nSPS) is 10.7. The Kier molecular flexibility index (Phi) is 2.82. The molecule has 0 aliphatic heterocycles. The number of ketones is 1. The summed E-state index contributed by atoms with van der Waals surface area (Å²) < 4.78 is 25.2. The molecule has 0 amide bonds. The van der Waals surface area contributed by atoms with Crippen LogP contribution in [-0.2, 0) is 0 Å². The highest BCUT2D eigenvalue weighted by atomic mass is 35.5. The Morgan fingerprint density at radius 2 is 1.86 bits per heavy atom. The molecule has 0 unspecified atom stereocenters. The number of hydrogen-bond donors (Lipinski definition) is 0. The first kappa shape index (κ1) is 10.6. The Morgan fingerprint density at radius 3 is 2.29 bits per heavy atom. The molecule has 0 saturated carbocycles. The van der Waals surface area contributed by atoms with E-state index in [4.69, 9.17) is 16.9 Å². The van der Waals surface area contributed by atoms with Crippen LogP contribution in [0.15, 0.2) is 24.3 Å². The molecule has 1 rings (SSSR count). The Hall–Kier alpha value is -1.47. The van der Waals surface area contributed by atoms with Crippen molar-refractivity contribution in [2.45, 2.75) is 5.92 Å². The molecule has 0 aliphatic rings. The number of benzene rings is 1. The quantitative estimate of drug-likeness (QED) is 0.712. The lowest BCUT2D eigenvalue weighted by atomic mass is 10.1. The highest BCUT2D eigenvalue weighted by molar-refractivity contribution is 6.30. The minimum atomic E-state index is -3.98. The summed E-state index contributed by atoms with van der Waals surface area (Å²) in [6, 6.07) is 5.55. The second-order valence-corrected chi connectivity index (χ2v) is 2.96. The highest BCUT2D eigenvalue weighted by Crippen LogP contribution is 2.20. The van der Waals surface area contributed by atoms with Gasteiger partial charge in [-0.2, -0.15) is 14.0 Å². The zero-order chi connectivity index (χ0) is 10.8. The van der Waals surface area contributed by atoms with Crippen LogP contribution in [0.5, 0.6) is 0 Å². The van der Waals surface area contributed by atoms with Gasteiger partial charge in [0.1, 0.15) is 6.07 Å². The van der Waals surface area contributed by atoms with Crippen LogP contribution >= 0.6 is 11.6 Å². The molecule has 0 bridgehead atoms. The molecule has 1 aromatic carbocycles. The monoisotopic (exact) mass is 215 g/mol. The molecule has 72 valence electrons. The molecule has 0 atom stereocenters. The number of hydrogen-bond acceptors (Lipinski definition) is 2. The summed E-state index contributed by atoms with van der Waals surface area (Å²) in [5.74, 6) is -5.50. The average Bonchev–Trinajstić information content (AvgIpc) is 2.18. The van der Waals surface area contributed by atoms with E-state index in [-0.39, 0.29) is 5.56 Å². The van der Waals surface area contributed by atoms with Crippen LogP contribution in [0.25, 0.3) is 0 Å². The SMILES string of the molecule is N#CC(F)(F)C(=O)c1ccc(Cl)cc1. The predicted octanol–water partition coefficient (Wildman–Crippen LogP) is 2.68. The highest BCUT2D eigenvalue weighted by Gasteiger charge is 2.39. The van der Waals surface area contributed by atoms with E-state index in [0.29, 0.717) is 11.1 Å². The number of nitriles is 1. The maximum absolute atomic E-state index is 12.6. The molecule has 0 N–H and O–H groups in total. The molecule has 0 aliphatic carbocycles. The third kappa shape index (κ3) is 2.06. The van der Waals surface area contributed by atoms with Gasteiger partial charge in [-0.15, -0.1) is 0 Å². The van der Waals surface area contributed by atoms with Gasteiger partial charge in [-0.1, -0.05) is 11.6 Å². The van der Waals surface area contributed by atoms with Gasteiger partial charge in [0.25, 0.3) is 0 Å². The van der Waals surface area contributed by atoms with Crippen molar-refractivity contribution in [1.29, 1.82) is 5.26 Å². The van der Waals surface area contributed by atoms with Crippen molar-refractivity contribution >= 4 is 17.4 Å². The third-order valence-electron chi connectivity index (χ3n) is 1.53. The lowest BCUT2D eigenvalue weighted by molar-refractivity contribution is 0.0418. The van der Waals surface area contributed by atoms with Crippen molar-refractivity contribution in [3.63, 3.8) is 0 Å². The Morgan fingerprint density at radius 1 is 1.36 bits per heavy atom. The predicted molar refractivity (Wildman–Crippen MR) is 46.3 cm³/mol. The number of carbonyl (C=O) groups is 1. The van der Waals surface area contributed by atoms with E-state index in [2.05, 4.69) is 0 Å². The number of Topliss-reactive ketones (excluding diaryl/α,β-unsaturated/α-hetero) is 1. The van der Waals surface area contributed by atoms with Crippen LogP contribution in [0.3, 0.4) is 0 Å². The minimum Gasteiger partial charge on any atom is -0.286 e. The second kappa shape index (κ2) is 3.72. The first-order valence-electron chi connectivity index (χ1n) is 3.57. The molecule has 2 nitrogen and oxygen atoms in total. The van der Waals surface area contributed by atoms with Crippen LogP contribution < -0.4 is 0 Å². The molecule has 5 heteroatoms. The fourth-order valence-corrected chi connectivity index (χ4v) is 0.959. The second-order valence-electron chi connectivity index (χ2n) is 2.52. The van der Waals surface area contributed by atoms with E-state index in [1.807, 2.05) is 0 Å². The Bertz CT molecular complexity index is 394. The topological polar surface area (TPSA) is 40.9 Å².